The molecule has 1 amide bonds. The number of nitrogens with one attached hydrogen (secondary N) is 1. The Bertz CT molecular complexity index is 720. The molecule has 0 radical (unpaired) electrons. The molecule has 2 rings (SSSR count). The van der Waals surface area contributed by atoms with Crippen molar-refractivity contribution in [2.75, 3.05) is 12.4 Å². The van der Waals surface area contributed by atoms with Crippen molar-refractivity contribution in [1.29, 1.82) is 0 Å². The minimum absolute atomic E-state index is 0.156. The fraction of sp³-hybridized carbons (Fsp3) is 0.389. The van der Waals surface area contributed by atoms with E-state index in [9.17, 15) is 9.59 Å². The molecule has 0 aliphatic carbocycles. The van der Waals surface area contributed by atoms with Gasteiger partial charge in [-0.15, -0.1) is 0 Å². The largest absolute Gasteiger partial charge is 0.465 e. The molecule has 1 N–H and O–H groups in total. The Balaban J connectivity index is 1.97. The van der Waals surface area contributed by atoms with Gasteiger partial charge in [-0.3, -0.25) is 4.79 Å². The number of nitrogens with zero attached hydrogens (tertiary/aromatic N) is 1. The highest BCUT2D eigenvalue weighted by atomic mass is 32.1. The van der Waals surface area contributed by atoms with E-state index in [1.807, 2.05) is 12.1 Å². The van der Waals surface area contributed by atoms with Gasteiger partial charge in [-0.2, -0.15) is 0 Å². The van der Waals surface area contributed by atoms with Gasteiger partial charge in [-0.05, 0) is 30.4 Å². The average Bonchev–Trinajstić information content (AvgIpc) is 2.88. The Morgan fingerprint density at radius 2 is 1.83 bits per heavy atom. The molecule has 1 aromatic carbocycles. The number of aryl methyl sites for hydroxylation is 1. The fourth-order valence-corrected chi connectivity index (χ4v) is 3.25. The van der Waals surface area contributed by atoms with Crippen LogP contribution in [-0.2, 0) is 22.4 Å². The maximum absolute atomic E-state index is 12.1. The second kappa shape index (κ2) is 8.06. The molecule has 128 valence electrons. The van der Waals surface area contributed by atoms with E-state index >= 15 is 0 Å². The van der Waals surface area contributed by atoms with Crippen LogP contribution in [0.1, 0.15) is 40.3 Å². The van der Waals surface area contributed by atoms with Crippen molar-refractivity contribution >= 4 is 28.3 Å². The van der Waals surface area contributed by atoms with E-state index < -0.39 is 5.97 Å². The van der Waals surface area contributed by atoms with Crippen molar-refractivity contribution in [3.05, 3.63) is 46.0 Å². The van der Waals surface area contributed by atoms with E-state index in [2.05, 4.69) is 41.0 Å². The summed E-state index contributed by atoms with van der Waals surface area (Å²) in [4.78, 5) is 28.3. The van der Waals surface area contributed by atoms with Gasteiger partial charge in [-0.1, -0.05) is 49.4 Å². The van der Waals surface area contributed by atoms with Crippen molar-refractivity contribution in [1.82, 2.24) is 4.98 Å². The molecule has 0 aliphatic heterocycles. The Morgan fingerprint density at radius 3 is 2.42 bits per heavy atom. The molecule has 24 heavy (non-hydrogen) atoms. The highest BCUT2D eigenvalue weighted by Crippen LogP contribution is 2.23. The summed E-state index contributed by atoms with van der Waals surface area (Å²) in [6.07, 6.45) is 1.30. The summed E-state index contributed by atoms with van der Waals surface area (Å²) in [5.74, 6) is 0.0133. The first-order chi connectivity index (χ1) is 11.4. The zero-order valence-corrected chi connectivity index (χ0v) is 15.2. The minimum Gasteiger partial charge on any atom is -0.465 e. The quantitative estimate of drug-likeness (QED) is 0.811. The fourth-order valence-electron chi connectivity index (χ4n) is 2.35. The normalized spacial score (nSPS) is 10.7. The molecule has 0 aliphatic rings. The predicted molar refractivity (Wildman–Crippen MR) is 95.5 cm³/mol. The topological polar surface area (TPSA) is 68.3 Å². The molecule has 5 nitrogen and oxygen atoms in total. The summed E-state index contributed by atoms with van der Waals surface area (Å²) in [6.45, 7) is 6.08. The summed E-state index contributed by atoms with van der Waals surface area (Å²) >= 11 is 1.12. The number of thiazole rings is 1. The van der Waals surface area contributed by atoms with Crippen LogP contribution in [0, 0.1) is 12.8 Å². The number of anilines is 1. The predicted octanol–water partition coefficient (Wildman–Crippen LogP) is 3.62. The van der Waals surface area contributed by atoms with Gasteiger partial charge in [0, 0.05) is 0 Å². The van der Waals surface area contributed by atoms with E-state index in [1.54, 1.807) is 6.92 Å². The Kier molecular flexibility index (Phi) is 6.09. The van der Waals surface area contributed by atoms with Crippen LogP contribution in [0.5, 0.6) is 0 Å². The molecular weight excluding hydrogens is 324 g/mol. The zero-order valence-electron chi connectivity index (χ0n) is 14.4. The third-order valence-corrected chi connectivity index (χ3v) is 4.50. The smallest absolute Gasteiger partial charge is 0.350 e. The van der Waals surface area contributed by atoms with Crippen molar-refractivity contribution in [3.8, 4) is 0 Å². The van der Waals surface area contributed by atoms with Crippen molar-refractivity contribution in [2.45, 2.75) is 33.6 Å². The summed E-state index contributed by atoms with van der Waals surface area (Å²) in [5, 5.41) is 3.15. The Hall–Kier alpha value is -2.21. The first kappa shape index (κ1) is 18.1. The molecule has 1 heterocycles. The number of methoxy groups -OCH3 is 1. The molecule has 1 aromatic heterocycles. The number of aromatic nitrogens is 1. The van der Waals surface area contributed by atoms with E-state index in [1.165, 1.54) is 12.7 Å². The number of hydrogen-bond acceptors (Lipinski definition) is 5. The molecule has 0 atom stereocenters. The SMILES string of the molecule is COC(=O)c1sc(NC(=O)Cc2ccc(CC(C)C)cc2)nc1C. The number of ether oxygens (including phenoxy) is 1. The molecule has 0 saturated heterocycles. The van der Waals surface area contributed by atoms with Crippen LogP contribution >= 0.6 is 11.3 Å². The first-order valence-corrected chi connectivity index (χ1v) is 8.64. The molecule has 0 saturated carbocycles. The summed E-state index contributed by atoms with van der Waals surface area (Å²) in [7, 11) is 1.32. The highest BCUT2D eigenvalue weighted by Gasteiger charge is 2.17. The maximum Gasteiger partial charge on any atom is 0.350 e. The van der Waals surface area contributed by atoms with Crippen LogP contribution < -0.4 is 5.32 Å². The molecule has 0 spiro atoms. The van der Waals surface area contributed by atoms with Gasteiger partial charge >= 0.3 is 5.97 Å². The lowest BCUT2D eigenvalue weighted by Crippen LogP contribution is -2.14. The Morgan fingerprint density at radius 1 is 1.21 bits per heavy atom. The van der Waals surface area contributed by atoms with Crippen LogP contribution in [0.2, 0.25) is 0 Å². The van der Waals surface area contributed by atoms with Crippen LogP contribution in [0.3, 0.4) is 0 Å². The molecule has 6 heteroatoms. The lowest BCUT2D eigenvalue weighted by Gasteiger charge is -2.06. The molecule has 0 bridgehead atoms. The zero-order chi connectivity index (χ0) is 17.7. The van der Waals surface area contributed by atoms with E-state index in [0.717, 1.165) is 23.3 Å². The van der Waals surface area contributed by atoms with Crippen LogP contribution in [0.15, 0.2) is 24.3 Å². The summed E-state index contributed by atoms with van der Waals surface area (Å²) in [6, 6.07) is 8.07. The van der Waals surface area contributed by atoms with Gasteiger partial charge in [0.2, 0.25) is 5.91 Å². The summed E-state index contributed by atoms with van der Waals surface area (Å²) < 4.78 is 4.69. The number of esters is 1. The number of carbonyl (C=O) groups is 2. The van der Waals surface area contributed by atoms with Gasteiger partial charge in [0.15, 0.2) is 5.13 Å². The third kappa shape index (κ3) is 4.89. The van der Waals surface area contributed by atoms with Crippen molar-refractivity contribution in [2.24, 2.45) is 5.92 Å². The van der Waals surface area contributed by atoms with Gasteiger partial charge in [-0.25, -0.2) is 9.78 Å². The molecule has 0 unspecified atom stereocenters. The number of carbonyl (C=O) groups excluding carboxylic acids is 2. The third-order valence-electron chi connectivity index (χ3n) is 3.45. The Labute approximate surface area is 146 Å². The molecule has 2 aromatic rings. The standard InChI is InChI=1S/C18H22N2O3S/c1-11(2)9-13-5-7-14(8-6-13)10-15(21)20-18-19-12(3)16(24-18)17(22)23-4/h5-8,11H,9-10H2,1-4H3,(H,19,20,21). The van der Waals surface area contributed by atoms with Gasteiger partial charge in [0.25, 0.3) is 0 Å². The molecular formula is C18H22N2O3S. The van der Waals surface area contributed by atoms with Crippen molar-refractivity contribution in [3.63, 3.8) is 0 Å². The van der Waals surface area contributed by atoms with Gasteiger partial charge in [0.05, 0.1) is 19.2 Å². The second-order valence-electron chi connectivity index (χ2n) is 6.06. The summed E-state index contributed by atoms with van der Waals surface area (Å²) in [5.41, 5.74) is 2.77. The average molecular weight is 346 g/mol. The lowest BCUT2D eigenvalue weighted by atomic mass is 10.0. The highest BCUT2D eigenvalue weighted by molar-refractivity contribution is 7.17. The van der Waals surface area contributed by atoms with E-state index in [-0.39, 0.29) is 12.3 Å². The van der Waals surface area contributed by atoms with Crippen LogP contribution in [-0.4, -0.2) is 24.0 Å². The van der Waals surface area contributed by atoms with Gasteiger partial charge in [0.1, 0.15) is 4.88 Å². The van der Waals surface area contributed by atoms with E-state index in [4.69, 9.17) is 0 Å². The maximum atomic E-state index is 12.1. The number of amides is 1. The minimum atomic E-state index is -0.439. The molecule has 0 fully saturated rings. The number of benzene rings is 1. The number of hydrogen-bond donors (Lipinski definition) is 1. The van der Waals surface area contributed by atoms with Crippen LogP contribution in [0.4, 0.5) is 5.13 Å². The monoisotopic (exact) mass is 346 g/mol. The van der Waals surface area contributed by atoms with Gasteiger partial charge < -0.3 is 10.1 Å². The number of rotatable bonds is 6. The lowest BCUT2D eigenvalue weighted by molar-refractivity contribution is -0.115. The second-order valence-corrected chi connectivity index (χ2v) is 7.06. The van der Waals surface area contributed by atoms with Crippen molar-refractivity contribution < 1.29 is 14.3 Å². The van der Waals surface area contributed by atoms with Crippen LogP contribution in [0.25, 0.3) is 0 Å². The first-order valence-electron chi connectivity index (χ1n) is 7.82. The van der Waals surface area contributed by atoms with E-state index in [0.29, 0.717) is 21.6 Å².